The van der Waals surface area contributed by atoms with Gasteiger partial charge >= 0.3 is 0 Å². The van der Waals surface area contributed by atoms with E-state index in [9.17, 15) is 5.11 Å². The fourth-order valence-electron chi connectivity index (χ4n) is 2.29. The Kier molecular flexibility index (Phi) is 1.29. The van der Waals surface area contributed by atoms with Crippen LogP contribution in [0, 0.1) is 5.92 Å². The molecule has 2 N–H and O–H groups in total. The minimum absolute atomic E-state index is 0.106. The Morgan fingerprint density at radius 1 is 1.70 bits per heavy atom. The van der Waals surface area contributed by atoms with E-state index in [0.29, 0.717) is 11.5 Å². The summed E-state index contributed by atoms with van der Waals surface area (Å²) in [6, 6.07) is 0. The van der Waals surface area contributed by atoms with Crippen molar-refractivity contribution < 1.29 is 5.11 Å². The van der Waals surface area contributed by atoms with Crippen molar-refractivity contribution in [1.82, 2.24) is 5.32 Å². The van der Waals surface area contributed by atoms with Gasteiger partial charge < -0.3 is 10.4 Å². The first-order valence-corrected chi connectivity index (χ1v) is 4.18. The first-order valence-electron chi connectivity index (χ1n) is 4.18. The lowest BCUT2D eigenvalue weighted by Crippen LogP contribution is -2.28. The molecule has 2 aliphatic rings. The van der Waals surface area contributed by atoms with E-state index in [1.54, 1.807) is 0 Å². The highest BCUT2D eigenvalue weighted by molar-refractivity contribution is 5.14. The van der Waals surface area contributed by atoms with E-state index >= 15 is 0 Å². The topological polar surface area (TPSA) is 32.3 Å². The number of hydrogen-bond donors (Lipinski definition) is 2. The number of rotatable bonds is 1. The number of aliphatic hydroxyl groups is 1. The van der Waals surface area contributed by atoms with Crippen molar-refractivity contribution in [3.05, 3.63) is 0 Å². The first kappa shape index (κ1) is 6.62. The van der Waals surface area contributed by atoms with Crippen LogP contribution >= 0.6 is 0 Å². The average Bonchev–Trinajstić information content (AvgIpc) is 2.32. The maximum atomic E-state index is 9.28. The predicted molar refractivity (Wildman–Crippen MR) is 39.8 cm³/mol. The summed E-state index contributed by atoms with van der Waals surface area (Å²) in [5.41, 5.74) is 0.383. The second-order valence-electron chi connectivity index (χ2n) is 3.74. The second kappa shape index (κ2) is 1.95. The Labute approximate surface area is 61.6 Å². The van der Waals surface area contributed by atoms with Crippen LogP contribution in [0.25, 0.3) is 0 Å². The molecule has 3 atom stereocenters. The normalized spacial score (nSPS) is 48.0. The summed E-state index contributed by atoms with van der Waals surface area (Å²) in [4.78, 5) is 0. The third-order valence-corrected chi connectivity index (χ3v) is 2.99. The molecule has 0 amide bonds. The van der Waals surface area contributed by atoms with Crippen molar-refractivity contribution in [2.45, 2.75) is 37.8 Å². The quantitative estimate of drug-likeness (QED) is 0.557. The van der Waals surface area contributed by atoms with Crippen LogP contribution in [0.5, 0.6) is 0 Å². The Balaban J connectivity index is 1.97. The average molecular weight is 141 g/mol. The van der Waals surface area contributed by atoms with Crippen LogP contribution in [0.15, 0.2) is 0 Å². The van der Waals surface area contributed by atoms with Gasteiger partial charge in [0.05, 0.1) is 6.10 Å². The fourth-order valence-corrected chi connectivity index (χ4v) is 2.29. The molecule has 1 aliphatic heterocycles. The molecule has 1 saturated heterocycles. The minimum Gasteiger partial charge on any atom is -0.393 e. The molecule has 0 aromatic carbocycles. The highest BCUT2D eigenvalue weighted by Gasteiger charge is 2.56. The molecule has 0 radical (unpaired) electrons. The van der Waals surface area contributed by atoms with E-state index in [0.717, 1.165) is 6.54 Å². The van der Waals surface area contributed by atoms with Crippen LogP contribution in [0.4, 0.5) is 0 Å². The summed E-state index contributed by atoms with van der Waals surface area (Å²) in [5, 5.41) is 12.8. The summed E-state index contributed by atoms with van der Waals surface area (Å²) in [7, 11) is 0. The van der Waals surface area contributed by atoms with Crippen molar-refractivity contribution in [2.75, 3.05) is 6.54 Å². The van der Waals surface area contributed by atoms with Crippen molar-refractivity contribution in [1.29, 1.82) is 0 Å². The third-order valence-electron chi connectivity index (χ3n) is 2.99. The number of hydrogen-bond acceptors (Lipinski definition) is 2. The van der Waals surface area contributed by atoms with Crippen molar-refractivity contribution in [3.63, 3.8) is 0 Å². The van der Waals surface area contributed by atoms with Gasteiger partial charge in [0.1, 0.15) is 0 Å². The first-order chi connectivity index (χ1) is 4.75. The molecule has 2 rings (SSSR count). The zero-order valence-electron chi connectivity index (χ0n) is 6.43. The van der Waals surface area contributed by atoms with Gasteiger partial charge in [-0.3, -0.25) is 0 Å². The molecular weight excluding hydrogens is 126 g/mol. The molecule has 0 aromatic rings. The Bertz CT molecular complexity index is 138. The van der Waals surface area contributed by atoms with E-state index in [1.165, 1.54) is 19.3 Å². The van der Waals surface area contributed by atoms with Crippen molar-refractivity contribution in [3.8, 4) is 0 Å². The van der Waals surface area contributed by atoms with Gasteiger partial charge in [-0.15, -0.1) is 0 Å². The molecule has 1 heterocycles. The predicted octanol–water partition coefficient (Wildman–Crippen LogP) is 0.509. The monoisotopic (exact) mass is 141 g/mol. The molecule has 3 unspecified atom stereocenters. The lowest BCUT2D eigenvalue weighted by molar-refractivity contribution is 0.158. The Morgan fingerprint density at radius 2 is 2.50 bits per heavy atom. The molecule has 0 aromatic heterocycles. The summed E-state index contributed by atoms with van der Waals surface area (Å²) in [6.07, 6.45) is 3.67. The van der Waals surface area contributed by atoms with E-state index in [2.05, 4.69) is 5.32 Å². The van der Waals surface area contributed by atoms with Crippen LogP contribution in [-0.2, 0) is 0 Å². The molecule has 2 nitrogen and oxygen atoms in total. The summed E-state index contributed by atoms with van der Waals surface area (Å²) in [6.45, 7) is 3.06. The van der Waals surface area contributed by atoms with E-state index in [-0.39, 0.29) is 6.10 Å². The molecular formula is C8H15NO. The van der Waals surface area contributed by atoms with Crippen molar-refractivity contribution in [2.24, 2.45) is 5.92 Å². The molecule has 2 heteroatoms. The Hall–Kier alpha value is -0.0800. The highest BCUT2D eigenvalue weighted by atomic mass is 16.3. The lowest BCUT2D eigenvalue weighted by atomic mass is 10.1. The molecule has 1 spiro atoms. The van der Waals surface area contributed by atoms with Gasteiger partial charge in [0.2, 0.25) is 0 Å². The van der Waals surface area contributed by atoms with Gasteiger partial charge in [0.25, 0.3) is 0 Å². The second-order valence-corrected chi connectivity index (χ2v) is 3.74. The standard InChI is InChI=1S/C8H15NO/c1-6(10)7-5-8(7)3-2-4-9-8/h6-7,9-10H,2-5H2,1H3. The van der Waals surface area contributed by atoms with Crippen LogP contribution in [-0.4, -0.2) is 23.3 Å². The van der Waals surface area contributed by atoms with Crippen LogP contribution < -0.4 is 5.32 Å². The maximum Gasteiger partial charge on any atom is 0.0558 e. The van der Waals surface area contributed by atoms with E-state index in [4.69, 9.17) is 0 Å². The number of aliphatic hydroxyl groups excluding tert-OH is 1. The smallest absolute Gasteiger partial charge is 0.0558 e. The summed E-state index contributed by atoms with van der Waals surface area (Å²) in [5.74, 6) is 0.551. The van der Waals surface area contributed by atoms with Crippen LogP contribution in [0.3, 0.4) is 0 Å². The molecule has 2 fully saturated rings. The van der Waals surface area contributed by atoms with E-state index < -0.39 is 0 Å². The fraction of sp³-hybridized carbons (Fsp3) is 1.00. The van der Waals surface area contributed by atoms with Gasteiger partial charge in [-0.25, -0.2) is 0 Å². The Morgan fingerprint density at radius 3 is 2.90 bits per heavy atom. The zero-order valence-corrected chi connectivity index (χ0v) is 6.43. The number of nitrogens with one attached hydrogen (secondary N) is 1. The van der Waals surface area contributed by atoms with Gasteiger partial charge in [-0.1, -0.05) is 0 Å². The highest BCUT2D eigenvalue weighted by Crippen LogP contribution is 2.51. The molecule has 0 bridgehead atoms. The minimum atomic E-state index is -0.106. The molecule has 58 valence electrons. The molecule has 1 saturated carbocycles. The van der Waals surface area contributed by atoms with Crippen LogP contribution in [0.2, 0.25) is 0 Å². The largest absolute Gasteiger partial charge is 0.393 e. The van der Waals surface area contributed by atoms with E-state index in [1.807, 2.05) is 6.92 Å². The maximum absolute atomic E-state index is 9.28. The summed E-state index contributed by atoms with van der Waals surface area (Å²) >= 11 is 0. The van der Waals surface area contributed by atoms with Gasteiger partial charge in [0.15, 0.2) is 0 Å². The van der Waals surface area contributed by atoms with Crippen LogP contribution in [0.1, 0.15) is 26.2 Å². The van der Waals surface area contributed by atoms with Gasteiger partial charge in [0, 0.05) is 11.5 Å². The van der Waals surface area contributed by atoms with Crippen molar-refractivity contribution >= 4 is 0 Å². The lowest BCUT2D eigenvalue weighted by Gasteiger charge is -2.10. The van der Waals surface area contributed by atoms with Gasteiger partial charge in [-0.05, 0) is 32.7 Å². The molecule has 10 heavy (non-hydrogen) atoms. The molecule has 1 aliphatic carbocycles. The van der Waals surface area contributed by atoms with Gasteiger partial charge in [-0.2, -0.15) is 0 Å². The SMILES string of the molecule is CC(O)C1CC12CCCN2. The summed E-state index contributed by atoms with van der Waals surface area (Å²) < 4.78 is 0. The third kappa shape index (κ3) is 0.789. The zero-order chi connectivity index (χ0) is 7.19.